The van der Waals surface area contributed by atoms with Crippen molar-refractivity contribution in [1.82, 2.24) is 10.6 Å². The number of aliphatic carboxylic acids is 1. The Morgan fingerprint density at radius 1 is 1.07 bits per heavy atom. The van der Waals surface area contributed by atoms with Crippen LogP contribution < -0.4 is 10.6 Å². The SMILES string of the molecule is O=C(CNC(=O)OCc1ccccc1)N[C@H](Cc1ccc(Cl)cc1Cl)C(=O)O. The van der Waals surface area contributed by atoms with Crippen LogP contribution in [0, 0.1) is 0 Å². The zero-order valence-electron chi connectivity index (χ0n) is 14.7. The summed E-state index contributed by atoms with van der Waals surface area (Å²) in [6, 6.07) is 12.5. The van der Waals surface area contributed by atoms with Gasteiger partial charge in [0.2, 0.25) is 5.91 Å². The molecule has 1 atom stereocenters. The number of benzene rings is 2. The lowest BCUT2D eigenvalue weighted by molar-refractivity contribution is -0.141. The molecule has 2 aromatic rings. The van der Waals surface area contributed by atoms with E-state index < -0.39 is 30.6 Å². The molecule has 0 unspecified atom stereocenters. The number of rotatable bonds is 8. The molecule has 0 aliphatic carbocycles. The number of halogens is 2. The van der Waals surface area contributed by atoms with Gasteiger partial charge in [0.05, 0.1) is 0 Å². The number of carboxylic acids is 1. The summed E-state index contributed by atoms with van der Waals surface area (Å²) in [6.07, 6.45) is -0.818. The number of carboxylic acid groups (broad SMARTS) is 1. The minimum absolute atomic E-state index is 0.0322. The topological polar surface area (TPSA) is 105 Å². The van der Waals surface area contributed by atoms with Gasteiger partial charge >= 0.3 is 12.1 Å². The first-order valence-corrected chi connectivity index (χ1v) is 9.01. The van der Waals surface area contributed by atoms with Crippen molar-refractivity contribution in [1.29, 1.82) is 0 Å². The van der Waals surface area contributed by atoms with Crippen molar-refractivity contribution in [2.24, 2.45) is 0 Å². The number of carbonyl (C=O) groups is 3. The third-order valence-electron chi connectivity index (χ3n) is 3.68. The summed E-state index contributed by atoms with van der Waals surface area (Å²) in [6.45, 7) is -0.368. The standard InChI is InChI=1S/C19H18Cl2N2O5/c20-14-7-6-13(15(21)9-14)8-16(18(25)26)23-17(24)10-22-19(27)28-11-12-4-2-1-3-5-12/h1-7,9,16H,8,10-11H2,(H,22,27)(H,23,24)(H,25,26)/t16-/m1/s1. The van der Waals surface area contributed by atoms with Crippen LogP contribution >= 0.6 is 23.2 Å². The lowest BCUT2D eigenvalue weighted by Gasteiger charge is -2.16. The van der Waals surface area contributed by atoms with Crippen LogP contribution in [0.3, 0.4) is 0 Å². The lowest BCUT2D eigenvalue weighted by atomic mass is 10.1. The van der Waals surface area contributed by atoms with Crippen molar-refractivity contribution in [3.8, 4) is 0 Å². The second-order valence-corrected chi connectivity index (χ2v) is 6.66. The highest BCUT2D eigenvalue weighted by Crippen LogP contribution is 2.22. The quantitative estimate of drug-likeness (QED) is 0.603. The molecule has 0 bridgehead atoms. The summed E-state index contributed by atoms with van der Waals surface area (Å²) >= 11 is 11.9. The van der Waals surface area contributed by atoms with E-state index in [2.05, 4.69) is 10.6 Å². The molecule has 0 saturated carbocycles. The number of ether oxygens (including phenoxy) is 1. The molecule has 0 fully saturated rings. The number of amides is 2. The smallest absolute Gasteiger partial charge is 0.407 e. The van der Waals surface area contributed by atoms with Gasteiger partial charge in [0.15, 0.2) is 0 Å². The Hall–Kier alpha value is -2.77. The van der Waals surface area contributed by atoms with Gasteiger partial charge < -0.3 is 20.5 Å². The zero-order chi connectivity index (χ0) is 20.5. The molecule has 28 heavy (non-hydrogen) atoms. The van der Waals surface area contributed by atoms with Crippen molar-refractivity contribution >= 4 is 41.2 Å². The molecule has 0 aliphatic heterocycles. The van der Waals surface area contributed by atoms with Crippen LogP contribution in [0.1, 0.15) is 11.1 Å². The van der Waals surface area contributed by atoms with Gasteiger partial charge in [-0.15, -0.1) is 0 Å². The first-order chi connectivity index (χ1) is 13.3. The van der Waals surface area contributed by atoms with Crippen LogP contribution in [0.25, 0.3) is 0 Å². The van der Waals surface area contributed by atoms with E-state index in [-0.39, 0.29) is 13.0 Å². The molecule has 2 amide bonds. The van der Waals surface area contributed by atoms with Gasteiger partial charge in [-0.05, 0) is 23.3 Å². The van der Waals surface area contributed by atoms with Crippen molar-refractivity contribution in [2.45, 2.75) is 19.1 Å². The van der Waals surface area contributed by atoms with Gasteiger partial charge in [0.25, 0.3) is 0 Å². The van der Waals surface area contributed by atoms with Gasteiger partial charge in [-0.3, -0.25) is 4.79 Å². The van der Waals surface area contributed by atoms with Gasteiger partial charge in [0, 0.05) is 16.5 Å². The number of carbonyl (C=O) groups excluding carboxylic acids is 2. The van der Waals surface area contributed by atoms with Crippen molar-refractivity contribution in [2.75, 3.05) is 6.54 Å². The van der Waals surface area contributed by atoms with Crippen LogP contribution in [0.15, 0.2) is 48.5 Å². The van der Waals surface area contributed by atoms with Gasteiger partial charge in [-0.2, -0.15) is 0 Å². The van der Waals surface area contributed by atoms with Crippen LogP contribution in [0.5, 0.6) is 0 Å². The summed E-state index contributed by atoms with van der Waals surface area (Å²) in [5.74, 6) is -1.90. The predicted octanol–water partition coefficient (Wildman–Crippen LogP) is 3.03. The third-order valence-corrected chi connectivity index (χ3v) is 4.27. The average molecular weight is 425 g/mol. The maximum atomic E-state index is 12.0. The molecule has 0 saturated heterocycles. The minimum atomic E-state index is -1.23. The molecule has 0 heterocycles. The molecule has 2 rings (SSSR count). The average Bonchev–Trinajstić information content (AvgIpc) is 2.66. The Morgan fingerprint density at radius 2 is 1.79 bits per heavy atom. The molecule has 2 aromatic carbocycles. The monoisotopic (exact) mass is 424 g/mol. The number of hydrogen-bond acceptors (Lipinski definition) is 4. The molecular formula is C19H18Cl2N2O5. The summed E-state index contributed by atoms with van der Waals surface area (Å²) in [5, 5.41) is 14.6. The van der Waals surface area contributed by atoms with E-state index in [1.807, 2.05) is 18.2 Å². The van der Waals surface area contributed by atoms with Crippen molar-refractivity contribution < 1.29 is 24.2 Å². The van der Waals surface area contributed by atoms with E-state index in [0.29, 0.717) is 15.6 Å². The van der Waals surface area contributed by atoms with Gasteiger partial charge in [-0.1, -0.05) is 59.6 Å². The second-order valence-electron chi connectivity index (χ2n) is 5.81. The van der Waals surface area contributed by atoms with Gasteiger partial charge in [-0.25, -0.2) is 9.59 Å². The Morgan fingerprint density at radius 3 is 2.43 bits per heavy atom. The first-order valence-electron chi connectivity index (χ1n) is 8.26. The Labute approximate surface area is 171 Å². The van der Waals surface area contributed by atoms with Crippen molar-refractivity contribution in [3.63, 3.8) is 0 Å². The molecule has 148 valence electrons. The summed E-state index contributed by atoms with van der Waals surface area (Å²) in [5.41, 5.74) is 1.32. The van der Waals surface area contributed by atoms with E-state index in [4.69, 9.17) is 27.9 Å². The van der Waals surface area contributed by atoms with E-state index in [0.717, 1.165) is 5.56 Å². The molecule has 9 heteroatoms. The van der Waals surface area contributed by atoms with Crippen LogP contribution in [-0.4, -0.2) is 35.7 Å². The minimum Gasteiger partial charge on any atom is -0.480 e. The third kappa shape index (κ3) is 7.09. The first kappa shape index (κ1) is 21.5. The Kier molecular flexibility index (Phi) is 8.10. The molecule has 3 N–H and O–H groups in total. The second kappa shape index (κ2) is 10.5. The highest BCUT2D eigenvalue weighted by molar-refractivity contribution is 6.35. The number of alkyl carbamates (subject to hydrolysis) is 1. The van der Waals surface area contributed by atoms with Crippen LogP contribution in [-0.2, 0) is 27.4 Å². The van der Waals surface area contributed by atoms with E-state index in [1.165, 1.54) is 6.07 Å². The normalized spacial score (nSPS) is 11.4. The molecule has 0 radical (unpaired) electrons. The maximum Gasteiger partial charge on any atom is 0.407 e. The predicted molar refractivity (Wildman–Crippen MR) is 104 cm³/mol. The zero-order valence-corrected chi connectivity index (χ0v) is 16.2. The number of nitrogens with one attached hydrogen (secondary N) is 2. The largest absolute Gasteiger partial charge is 0.480 e. The van der Waals surface area contributed by atoms with E-state index >= 15 is 0 Å². The van der Waals surface area contributed by atoms with E-state index in [9.17, 15) is 19.5 Å². The van der Waals surface area contributed by atoms with E-state index in [1.54, 1.807) is 24.3 Å². The summed E-state index contributed by atoms with van der Waals surface area (Å²) in [7, 11) is 0. The molecule has 0 aromatic heterocycles. The maximum absolute atomic E-state index is 12.0. The molecular weight excluding hydrogens is 407 g/mol. The Balaban J connectivity index is 1.81. The van der Waals surface area contributed by atoms with Crippen LogP contribution in [0.2, 0.25) is 10.0 Å². The van der Waals surface area contributed by atoms with Crippen LogP contribution in [0.4, 0.5) is 4.79 Å². The highest BCUT2D eigenvalue weighted by atomic mass is 35.5. The Bertz CT molecular complexity index is 845. The van der Waals surface area contributed by atoms with Gasteiger partial charge in [0.1, 0.15) is 19.2 Å². The fourth-order valence-corrected chi connectivity index (χ4v) is 2.76. The lowest BCUT2D eigenvalue weighted by Crippen LogP contribution is -2.46. The fraction of sp³-hybridized carbons (Fsp3) is 0.211. The summed E-state index contributed by atoms with van der Waals surface area (Å²) < 4.78 is 4.98. The molecule has 7 nitrogen and oxygen atoms in total. The van der Waals surface area contributed by atoms with Crippen molar-refractivity contribution in [3.05, 3.63) is 69.7 Å². The molecule has 0 spiro atoms. The highest BCUT2D eigenvalue weighted by Gasteiger charge is 2.22. The summed E-state index contributed by atoms with van der Waals surface area (Å²) in [4.78, 5) is 35.0. The molecule has 0 aliphatic rings. The fourth-order valence-electron chi connectivity index (χ4n) is 2.28. The number of hydrogen-bond donors (Lipinski definition) is 3.